The molecule has 4 N–H and O–H groups in total. The van der Waals surface area contributed by atoms with Crippen molar-refractivity contribution < 1.29 is 24.5 Å². The van der Waals surface area contributed by atoms with Crippen LogP contribution < -0.4 is 15.6 Å². The number of aromatic amines is 1. The number of H-pyrrole nitrogens is 1. The minimum absolute atomic E-state index is 0.0258. The average Bonchev–Trinajstić information content (AvgIpc) is 3.04. The van der Waals surface area contributed by atoms with E-state index in [1.807, 2.05) is 54.6 Å². The molecule has 1 saturated heterocycles. The first-order valence-corrected chi connectivity index (χ1v) is 15.8. The molecule has 4 aromatic rings. The Balaban J connectivity index is 1.07. The van der Waals surface area contributed by atoms with Gasteiger partial charge >= 0.3 is 5.97 Å². The molecule has 1 aliphatic heterocycles. The second-order valence-corrected chi connectivity index (χ2v) is 11.8. The number of aliphatic hydroxyl groups is 1. The lowest BCUT2D eigenvalue weighted by Gasteiger charge is -2.30. The van der Waals surface area contributed by atoms with Gasteiger partial charge in [-0.2, -0.15) is 0 Å². The monoisotopic (exact) mass is 613 g/mol. The first kappa shape index (κ1) is 32.2. The highest BCUT2D eigenvalue weighted by Crippen LogP contribution is 2.31. The molecule has 0 bridgehead atoms. The molecule has 0 amide bonds. The van der Waals surface area contributed by atoms with Gasteiger partial charge in [0.2, 0.25) is 5.56 Å². The number of nitrogens with zero attached hydrogens (tertiary/aromatic N) is 1. The van der Waals surface area contributed by atoms with Crippen molar-refractivity contribution in [1.82, 2.24) is 15.2 Å². The summed E-state index contributed by atoms with van der Waals surface area (Å²) < 4.78 is 12.1. The van der Waals surface area contributed by atoms with E-state index in [9.17, 15) is 19.8 Å². The Morgan fingerprint density at radius 1 is 0.978 bits per heavy atom. The lowest BCUT2D eigenvalue weighted by molar-refractivity contribution is -0.151. The molecule has 238 valence electrons. The number of aromatic nitrogens is 1. The van der Waals surface area contributed by atoms with Crippen LogP contribution in [0, 0.1) is 0 Å². The number of aliphatic hydroxyl groups excluding tert-OH is 1. The third kappa shape index (κ3) is 8.72. The lowest BCUT2D eigenvalue weighted by Crippen LogP contribution is -2.36. The van der Waals surface area contributed by atoms with Crippen molar-refractivity contribution in [3.05, 3.63) is 106 Å². The number of benzene rings is 3. The summed E-state index contributed by atoms with van der Waals surface area (Å²) in [5, 5.41) is 24.7. The van der Waals surface area contributed by atoms with Gasteiger partial charge in [0.25, 0.3) is 0 Å². The van der Waals surface area contributed by atoms with Crippen molar-refractivity contribution >= 4 is 16.9 Å². The molecule has 0 spiro atoms. The van der Waals surface area contributed by atoms with Gasteiger partial charge in [-0.3, -0.25) is 9.59 Å². The Morgan fingerprint density at radius 3 is 2.56 bits per heavy atom. The van der Waals surface area contributed by atoms with E-state index < -0.39 is 12.0 Å². The fourth-order valence-corrected chi connectivity index (χ4v) is 5.85. The minimum atomic E-state index is -0.782. The van der Waals surface area contributed by atoms with Crippen LogP contribution in [-0.2, 0) is 9.53 Å². The summed E-state index contributed by atoms with van der Waals surface area (Å²) in [7, 11) is 2.09. The van der Waals surface area contributed by atoms with Crippen LogP contribution in [0.3, 0.4) is 0 Å². The van der Waals surface area contributed by atoms with Gasteiger partial charge in [-0.05, 0) is 86.7 Å². The number of rotatable bonds is 14. The lowest BCUT2D eigenvalue weighted by atomic mass is 9.91. The van der Waals surface area contributed by atoms with Crippen LogP contribution in [0.1, 0.15) is 60.8 Å². The Hall–Kier alpha value is -4.18. The van der Waals surface area contributed by atoms with Gasteiger partial charge in [-0.1, -0.05) is 48.5 Å². The summed E-state index contributed by atoms with van der Waals surface area (Å²) in [5.41, 5.74) is 2.42. The fourth-order valence-electron chi connectivity index (χ4n) is 5.85. The van der Waals surface area contributed by atoms with Crippen molar-refractivity contribution in [2.75, 3.05) is 39.8 Å². The van der Waals surface area contributed by atoms with Crippen LogP contribution in [0.4, 0.5) is 0 Å². The molecule has 1 fully saturated rings. The van der Waals surface area contributed by atoms with E-state index in [1.54, 1.807) is 12.1 Å². The number of hydrogen-bond donors (Lipinski definition) is 4. The highest BCUT2D eigenvalue weighted by molar-refractivity contribution is 5.87. The molecule has 9 heteroatoms. The SMILES string of the molecule is CN1CCC(OC(=O)C(c2ccccc2)c2cccc(OCCCCCNC[C@H](O)c3ccc(O)c4[nH]c(=O)ccc34)c2)CC1. The van der Waals surface area contributed by atoms with Crippen molar-refractivity contribution in [2.24, 2.45) is 0 Å². The number of pyridine rings is 1. The molecular formula is C36H43N3O6. The molecule has 9 nitrogen and oxygen atoms in total. The van der Waals surface area contributed by atoms with Crippen LogP contribution >= 0.6 is 0 Å². The highest BCUT2D eigenvalue weighted by atomic mass is 16.5. The normalized spacial score (nSPS) is 15.5. The Kier molecular flexibility index (Phi) is 11.2. The number of esters is 1. The summed E-state index contributed by atoms with van der Waals surface area (Å²) >= 11 is 0. The van der Waals surface area contributed by atoms with Gasteiger partial charge in [0, 0.05) is 31.1 Å². The van der Waals surface area contributed by atoms with Gasteiger partial charge in [0.15, 0.2) is 0 Å². The number of phenols is 1. The van der Waals surface area contributed by atoms with E-state index in [4.69, 9.17) is 9.47 Å². The average molecular weight is 614 g/mol. The number of fused-ring (bicyclic) bond motifs is 1. The van der Waals surface area contributed by atoms with Gasteiger partial charge in [-0.15, -0.1) is 0 Å². The number of carbonyl (C=O) groups excluding carboxylic acids is 1. The number of phenolic OH excluding ortho intramolecular Hbond substituents is 1. The molecule has 0 saturated carbocycles. The Labute approximate surface area is 263 Å². The zero-order valence-corrected chi connectivity index (χ0v) is 25.8. The number of hydrogen-bond acceptors (Lipinski definition) is 8. The van der Waals surface area contributed by atoms with Crippen LogP contribution in [-0.4, -0.2) is 72.0 Å². The maximum Gasteiger partial charge on any atom is 0.318 e. The van der Waals surface area contributed by atoms with Crippen LogP contribution in [0.15, 0.2) is 83.7 Å². The largest absolute Gasteiger partial charge is 0.506 e. The summed E-state index contributed by atoms with van der Waals surface area (Å²) in [6, 6.07) is 23.7. The third-order valence-corrected chi connectivity index (χ3v) is 8.38. The van der Waals surface area contributed by atoms with Gasteiger partial charge in [-0.25, -0.2) is 0 Å². The highest BCUT2D eigenvalue weighted by Gasteiger charge is 2.28. The molecule has 5 rings (SSSR count). The summed E-state index contributed by atoms with van der Waals surface area (Å²) in [5.74, 6) is -0.0388. The zero-order chi connectivity index (χ0) is 31.6. The molecule has 45 heavy (non-hydrogen) atoms. The topological polar surface area (TPSA) is 124 Å². The molecule has 1 aromatic heterocycles. The molecule has 0 radical (unpaired) electrons. The van der Waals surface area contributed by atoms with Crippen LogP contribution in [0.5, 0.6) is 11.5 Å². The Bertz CT molecular complexity index is 1600. The van der Waals surface area contributed by atoms with Crippen molar-refractivity contribution in [3.63, 3.8) is 0 Å². The summed E-state index contributed by atoms with van der Waals surface area (Å²) in [6.07, 6.45) is 3.58. The summed E-state index contributed by atoms with van der Waals surface area (Å²) in [6.45, 7) is 3.50. The first-order valence-electron chi connectivity index (χ1n) is 15.8. The third-order valence-electron chi connectivity index (χ3n) is 8.38. The number of nitrogens with one attached hydrogen (secondary N) is 2. The quantitative estimate of drug-likeness (QED) is 0.117. The fraction of sp³-hybridized carbons (Fsp3) is 0.389. The molecule has 2 atom stereocenters. The maximum absolute atomic E-state index is 13.5. The van der Waals surface area contributed by atoms with Crippen molar-refractivity contribution in [3.8, 4) is 11.5 Å². The van der Waals surface area contributed by atoms with E-state index in [-0.39, 0.29) is 23.4 Å². The first-order chi connectivity index (χ1) is 21.9. The number of ether oxygens (including phenoxy) is 2. The van der Waals surface area contributed by atoms with Crippen molar-refractivity contribution in [2.45, 2.75) is 50.2 Å². The standard InChI is InChI=1S/C36H43N3O6/c1-39-20-17-27(18-21-39)45-36(43)34(25-9-4-2-5-10-25)26-11-8-12-28(23-26)44-22-7-3-6-19-37-24-32(41)29-13-15-31(40)35-30(29)14-16-33(42)38-35/h2,4-5,8-16,23,27,32,34,37,40-41H,3,6-7,17-22,24H2,1H3,(H,38,42)/t32-,34?/m0/s1. The molecule has 1 unspecified atom stereocenters. The number of likely N-dealkylation sites (tertiary alicyclic amines) is 1. The van der Waals surface area contributed by atoms with E-state index in [0.717, 1.165) is 68.6 Å². The van der Waals surface area contributed by atoms with Crippen LogP contribution in [0.2, 0.25) is 0 Å². The van der Waals surface area contributed by atoms with E-state index in [1.165, 1.54) is 12.1 Å². The zero-order valence-electron chi connectivity index (χ0n) is 25.8. The maximum atomic E-state index is 13.5. The second-order valence-electron chi connectivity index (χ2n) is 11.8. The van der Waals surface area contributed by atoms with Gasteiger partial charge < -0.3 is 34.9 Å². The second kappa shape index (κ2) is 15.7. The molecule has 0 aliphatic carbocycles. The Morgan fingerprint density at radius 2 is 1.76 bits per heavy atom. The minimum Gasteiger partial charge on any atom is -0.506 e. The molecule has 3 aromatic carbocycles. The molecule has 1 aliphatic rings. The van der Waals surface area contributed by atoms with E-state index in [2.05, 4.69) is 22.2 Å². The predicted molar refractivity (Wildman–Crippen MR) is 175 cm³/mol. The van der Waals surface area contributed by atoms with Crippen molar-refractivity contribution in [1.29, 1.82) is 0 Å². The predicted octanol–water partition coefficient (Wildman–Crippen LogP) is 4.88. The van der Waals surface area contributed by atoms with Gasteiger partial charge in [0.1, 0.15) is 23.5 Å². The summed E-state index contributed by atoms with van der Waals surface area (Å²) in [4.78, 5) is 30.0. The van der Waals surface area contributed by atoms with Crippen LogP contribution in [0.25, 0.3) is 10.9 Å². The smallest absolute Gasteiger partial charge is 0.318 e. The molecular weight excluding hydrogens is 570 g/mol. The molecule has 2 heterocycles. The number of unbranched alkanes of at least 4 members (excludes halogenated alkanes) is 2. The van der Waals surface area contributed by atoms with E-state index in [0.29, 0.717) is 29.6 Å². The number of piperidine rings is 1. The number of carbonyl (C=O) groups is 1. The number of aromatic hydroxyl groups is 1. The van der Waals surface area contributed by atoms with Gasteiger partial charge in [0.05, 0.1) is 18.2 Å². The van der Waals surface area contributed by atoms with E-state index >= 15 is 0 Å².